The van der Waals surface area contributed by atoms with Crippen molar-refractivity contribution < 1.29 is 9.59 Å². The number of carbonyl (C=O) groups excluding carboxylic acids is 2. The van der Waals surface area contributed by atoms with Gasteiger partial charge in [-0.2, -0.15) is 0 Å². The van der Waals surface area contributed by atoms with Crippen molar-refractivity contribution >= 4 is 23.1 Å². The normalized spacial score (nSPS) is 15.7. The van der Waals surface area contributed by atoms with Gasteiger partial charge in [-0.15, -0.1) is 0 Å². The van der Waals surface area contributed by atoms with Crippen LogP contribution in [0.1, 0.15) is 29.4 Å². The van der Waals surface area contributed by atoms with Crippen molar-refractivity contribution in [2.75, 3.05) is 18.9 Å². The summed E-state index contributed by atoms with van der Waals surface area (Å²) in [6.07, 6.45) is 4.21. The molecule has 4 rings (SSSR count). The quantitative estimate of drug-likeness (QED) is 0.691. The molecule has 0 fully saturated rings. The van der Waals surface area contributed by atoms with E-state index in [1.807, 2.05) is 49.4 Å². The van der Waals surface area contributed by atoms with Gasteiger partial charge < -0.3 is 15.2 Å². The minimum Gasteiger partial charge on any atom is -0.356 e. The highest BCUT2D eigenvalue weighted by Gasteiger charge is 2.35. The number of H-pyrrole nitrogens is 1. The van der Waals surface area contributed by atoms with E-state index in [2.05, 4.69) is 15.3 Å². The summed E-state index contributed by atoms with van der Waals surface area (Å²) >= 11 is 0. The molecule has 0 saturated heterocycles. The lowest BCUT2D eigenvalue weighted by Gasteiger charge is -2.25. The molecular formula is C23H24N4O2. The van der Waals surface area contributed by atoms with Crippen molar-refractivity contribution in [1.29, 1.82) is 0 Å². The van der Waals surface area contributed by atoms with Gasteiger partial charge in [-0.05, 0) is 31.2 Å². The average Bonchev–Trinajstić information content (AvgIpc) is 3.12. The van der Waals surface area contributed by atoms with Crippen LogP contribution in [0.3, 0.4) is 0 Å². The highest BCUT2D eigenvalue weighted by molar-refractivity contribution is 6.09. The summed E-state index contributed by atoms with van der Waals surface area (Å²) in [7, 11) is 1.78. The van der Waals surface area contributed by atoms with Gasteiger partial charge in [0, 0.05) is 55.8 Å². The van der Waals surface area contributed by atoms with Crippen molar-refractivity contribution in [3.63, 3.8) is 0 Å². The number of aromatic amines is 1. The smallest absolute Gasteiger partial charge is 0.226 e. The fourth-order valence-corrected chi connectivity index (χ4v) is 3.83. The van der Waals surface area contributed by atoms with E-state index in [0.29, 0.717) is 18.5 Å². The minimum atomic E-state index is -0.325. The largest absolute Gasteiger partial charge is 0.356 e. The maximum Gasteiger partial charge on any atom is 0.226 e. The molecule has 2 aromatic heterocycles. The highest BCUT2D eigenvalue weighted by Crippen LogP contribution is 2.40. The first-order valence-corrected chi connectivity index (χ1v) is 9.84. The van der Waals surface area contributed by atoms with Crippen LogP contribution in [-0.4, -0.2) is 40.2 Å². The Hall–Kier alpha value is -3.41. The average molecular weight is 388 g/mol. The zero-order valence-electron chi connectivity index (χ0n) is 16.6. The molecule has 2 heterocycles. The van der Waals surface area contributed by atoms with Gasteiger partial charge in [0.15, 0.2) is 5.78 Å². The van der Waals surface area contributed by atoms with Crippen molar-refractivity contribution in [2.24, 2.45) is 5.92 Å². The van der Waals surface area contributed by atoms with E-state index < -0.39 is 0 Å². The number of nitrogens with one attached hydrogen (secondary N) is 2. The van der Waals surface area contributed by atoms with Gasteiger partial charge in [0.25, 0.3) is 0 Å². The number of hydrogen-bond acceptors (Lipinski definition) is 4. The Kier molecular flexibility index (Phi) is 5.16. The molecule has 29 heavy (non-hydrogen) atoms. The monoisotopic (exact) mass is 388 g/mol. The molecule has 0 bridgehead atoms. The molecule has 1 aliphatic carbocycles. The number of Topliss-reactive ketones (excluding diaryl/α,β-unsaturated/α-hetero) is 1. The van der Waals surface area contributed by atoms with E-state index in [1.54, 1.807) is 24.3 Å². The van der Waals surface area contributed by atoms with Gasteiger partial charge in [-0.1, -0.05) is 18.2 Å². The van der Waals surface area contributed by atoms with E-state index in [9.17, 15) is 9.59 Å². The number of aromatic nitrogens is 2. The van der Waals surface area contributed by atoms with Crippen LogP contribution in [0.2, 0.25) is 0 Å². The maximum absolute atomic E-state index is 13.1. The van der Waals surface area contributed by atoms with E-state index in [-0.39, 0.29) is 24.0 Å². The predicted octanol–water partition coefficient (Wildman–Crippen LogP) is 4.04. The van der Waals surface area contributed by atoms with Crippen molar-refractivity contribution in [3.8, 4) is 11.3 Å². The Morgan fingerprint density at radius 2 is 1.90 bits per heavy atom. The van der Waals surface area contributed by atoms with E-state index in [0.717, 1.165) is 28.3 Å². The molecule has 3 aromatic rings. The Bertz CT molecular complexity index is 1030. The number of nitrogens with zero attached hydrogens (tertiary/aromatic N) is 2. The zero-order valence-corrected chi connectivity index (χ0v) is 16.6. The molecule has 148 valence electrons. The summed E-state index contributed by atoms with van der Waals surface area (Å²) in [4.78, 5) is 35.0. The van der Waals surface area contributed by atoms with Gasteiger partial charge in [0.1, 0.15) is 0 Å². The minimum absolute atomic E-state index is 0.0101. The number of pyridine rings is 1. The second kappa shape index (κ2) is 7.91. The van der Waals surface area contributed by atoms with E-state index >= 15 is 0 Å². The number of ketones is 1. The summed E-state index contributed by atoms with van der Waals surface area (Å²) in [5, 5.41) is 3.42. The number of para-hydroxylation sites is 1. The molecule has 6 nitrogen and oxygen atoms in total. The third-order valence-corrected chi connectivity index (χ3v) is 5.45. The third kappa shape index (κ3) is 3.66. The Balaban J connectivity index is 1.78. The van der Waals surface area contributed by atoms with E-state index in [1.165, 1.54) is 0 Å². The lowest BCUT2D eigenvalue weighted by molar-refractivity contribution is -0.134. The first-order valence-electron chi connectivity index (χ1n) is 9.84. The topological polar surface area (TPSA) is 78.1 Å². The molecule has 0 spiro atoms. The predicted molar refractivity (Wildman–Crippen MR) is 113 cm³/mol. The molecule has 1 unspecified atom stereocenters. The van der Waals surface area contributed by atoms with Gasteiger partial charge >= 0.3 is 0 Å². The number of carbonyl (C=O) groups is 2. The van der Waals surface area contributed by atoms with Crippen LogP contribution in [0, 0.1) is 5.92 Å². The Labute approximate surface area is 170 Å². The van der Waals surface area contributed by atoms with Gasteiger partial charge in [-0.3, -0.25) is 14.6 Å². The number of hydrogen-bond donors (Lipinski definition) is 2. The lowest BCUT2D eigenvalue weighted by atomic mass is 9.85. The van der Waals surface area contributed by atoms with Crippen molar-refractivity contribution in [2.45, 2.75) is 19.8 Å². The second-order valence-electron chi connectivity index (χ2n) is 7.34. The molecule has 0 saturated carbocycles. The number of amides is 1. The second-order valence-corrected chi connectivity index (χ2v) is 7.34. The van der Waals surface area contributed by atoms with Gasteiger partial charge in [-0.25, -0.2) is 0 Å². The number of anilines is 2. The van der Waals surface area contributed by atoms with Gasteiger partial charge in [0.2, 0.25) is 5.91 Å². The van der Waals surface area contributed by atoms with Crippen LogP contribution in [0.25, 0.3) is 11.3 Å². The standard InChI is InChI=1S/C23H24N4O2/c1-3-27(2)23(29)16-13-18-20(19(28)14-16)22(25-17-7-5-4-6-8-17)21(26-18)15-9-11-24-12-10-15/h4-12,16,25-26H,3,13-14H2,1-2H3. The van der Waals surface area contributed by atoms with Crippen LogP contribution in [0.15, 0.2) is 54.9 Å². The summed E-state index contributed by atoms with van der Waals surface area (Å²) in [6, 6.07) is 13.6. The fraction of sp³-hybridized carbons (Fsp3) is 0.261. The molecule has 1 atom stereocenters. The van der Waals surface area contributed by atoms with Crippen LogP contribution in [0.5, 0.6) is 0 Å². The van der Waals surface area contributed by atoms with Gasteiger partial charge in [0.05, 0.1) is 22.9 Å². The molecule has 6 heteroatoms. The fourth-order valence-electron chi connectivity index (χ4n) is 3.83. The van der Waals surface area contributed by atoms with Crippen LogP contribution >= 0.6 is 0 Å². The number of rotatable bonds is 5. The SMILES string of the molecule is CCN(C)C(=O)C1CC(=O)c2c([nH]c(-c3ccncc3)c2Nc2ccccc2)C1. The first kappa shape index (κ1) is 18.9. The van der Waals surface area contributed by atoms with Crippen molar-refractivity contribution in [1.82, 2.24) is 14.9 Å². The number of benzene rings is 1. The summed E-state index contributed by atoms with van der Waals surface area (Å²) in [5.41, 5.74) is 4.91. The molecule has 2 N–H and O–H groups in total. The highest BCUT2D eigenvalue weighted by atomic mass is 16.2. The Morgan fingerprint density at radius 1 is 1.17 bits per heavy atom. The van der Waals surface area contributed by atoms with Crippen molar-refractivity contribution in [3.05, 3.63) is 66.1 Å². The van der Waals surface area contributed by atoms with Crippen LogP contribution in [-0.2, 0) is 11.2 Å². The van der Waals surface area contributed by atoms with Crippen LogP contribution in [0.4, 0.5) is 11.4 Å². The third-order valence-electron chi connectivity index (χ3n) is 5.45. The molecular weight excluding hydrogens is 364 g/mol. The summed E-state index contributed by atoms with van der Waals surface area (Å²) < 4.78 is 0. The number of fused-ring (bicyclic) bond motifs is 1. The molecule has 0 radical (unpaired) electrons. The maximum atomic E-state index is 13.1. The molecule has 0 aliphatic heterocycles. The summed E-state index contributed by atoms with van der Waals surface area (Å²) in [6.45, 7) is 2.57. The first-order chi connectivity index (χ1) is 14.1. The van der Waals surface area contributed by atoms with Crippen LogP contribution < -0.4 is 5.32 Å². The lowest BCUT2D eigenvalue weighted by Crippen LogP contribution is -2.37. The molecule has 1 aromatic carbocycles. The van der Waals surface area contributed by atoms with E-state index in [4.69, 9.17) is 0 Å². The molecule has 1 aliphatic rings. The zero-order chi connectivity index (χ0) is 20.4. The molecule has 1 amide bonds. The Morgan fingerprint density at radius 3 is 2.59 bits per heavy atom. The summed E-state index contributed by atoms with van der Waals surface area (Å²) in [5.74, 6) is -0.318.